The smallest absolute Gasteiger partial charge is 0.316 e. The van der Waals surface area contributed by atoms with Gasteiger partial charge in [-0.3, -0.25) is 0 Å². The fourth-order valence-electron chi connectivity index (χ4n) is 1.16. The third kappa shape index (κ3) is 2.52. The molecule has 0 N–H and O–H groups in total. The number of hydrogen-bond acceptors (Lipinski definition) is 4. The van der Waals surface area contributed by atoms with E-state index in [0.717, 1.165) is 17.5 Å². The van der Waals surface area contributed by atoms with Crippen LogP contribution in [-0.4, -0.2) is 23.4 Å². The minimum Gasteiger partial charge on any atom is -0.467 e. The van der Waals surface area contributed by atoms with Crippen LogP contribution in [0.15, 0.2) is 6.20 Å². The largest absolute Gasteiger partial charge is 0.467 e. The Morgan fingerprint density at radius 2 is 2.36 bits per heavy atom. The van der Waals surface area contributed by atoms with Crippen molar-refractivity contribution in [3.8, 4) is 6.01 Å². The van der Waals surface area contributed by atoms with Gasteiger partial charge in [-0.25, -0.2) is 9.97 Å². The molecule has 0 saturated heterocycles. The topological polar surface area (TPSA) is 52.1 Å². The molecule has 14 heavy (non-hydrogen) atoms. The zero-order chi connectivity index (χ0) is 10.6. The summed E-state index contributed by atoms with van der Waals surface area (Å²) in [5, 5.41) is 0. The molecule has 0 aliphatic heterocycles. The lowest BCUT2D eigenvalue weighted by Gasteiger charge is -2.07. The number of rotatable bonds is 4. The van der Waals surface area contributed by atoms with E-state index in [1.165, 1.54) is 7.11 Å². The van der Waals surface area contributed by atoms with E-state index < -0.39 is 0 Å². The van der Waals surface area contributed by atoms with Crippen LogP contribution in [0.2, 0.25) is 0 Å². The van der Waals surface area contributed by atoms with Crippen LogP contribution in [0.25, 0.3) is 0 Å². The lowest BCUT2D eigenvalue weighted by atomic mass is 10.0. The van der Waals surface area contributed by atoms with Crippen LogP contribution in [-0.2, 0) is 11.2 Å². The first-order valence-electron chi connectivity index (χ1n) is 4.49. The fourth-order valence-corrected chi connectivity index (χ4v) is 1.16. The molecule has 1 atom stereocenters. The minimum atomic E-state index is 0.00527. The van der Waals surface area contributed by atoms with Gasteiger partial charge in [-0.1, -0.05) is 6.92 Å². The Balaban J connectivity index is 2.83. The summed E-state index contributed by atoms with van der Waals surface area (Å²) in [6.45, 7) is 3.76. The number of carbonyl (C=O) groups is 1. The molecule has 0 spiro atoms. The molecule has 0 amide bonds. The molecule has 0 radical (unpaired) electrons. The van der Waals surface area contributed by atoms with Crippen LogP contribution in [0.1, 0.15) is 18.2 Å². The SMILES string of the molecule is COc1ncc(CC(C)C=O)c(C)n1. The van der Waals surface area contributed by atoms with E-state index in [1.54, 1.807) is 6.20 Å². The number of carbonyl (C=O) groups excluding carboxylic acids is 1. The van der Waals surface area contributed by atoms with E-state index in [2.05, 4.69) is 9.97 Å². The number of aromatic nitrogens is 2. The number of ether oxygens (including phenoxy) is 1. The average Bonchev–Trinajstić information content (AvgIpc) is 2.20. The summed E-state index contributed by atoms with van der Waals surface area (Å²) in [6, 6.07) is 0.366. The van der Waals surface area contributed by atoms with Crippen LogP contribution >= 0.6 is 0 Å². The maximum Gasteiger partial charge on any atom is 0.316 e. The number of methoxy groups -OCH3 is 1. The summed E-state index contributed by atoms with van der Waals surface area (Å²) in [6.07, 6.45) is 3.32. The summed E-state index contributed by atoms with van der Waals surface area (Å²) in [4.78, 5) is 18.6. The van der Waals surface area contributed by atoms with Gasteiger partial charge in [0, 0.05) is 17.8 Å². The predicted octanol–water partition coefficient (Wildman–Crippen LogP) is 1.17. The Kier molecular flexibility index (Phi) is 3.56. The first kappa shape index (κ1) is 10.6. The third-order valence-corrected chi connectivity index (χ3v) is 2.02. The van der Waals surface area contributed by atoms with E-state index in [0.29, 0.717) is 12.4 Å². The van der Waals surface area contributed by atoms with Crippen molar-refractivity contribution in [2.24, 2.45) is 5.92 Å². The Morgan fingerprint density at radius 3 is 2.86 bits per heavy atom. The molecule has 0 aromatic carbocycles. The van der Waals surface area contributed by atoms with Gasteiger partial charge in [0.25, 0.3) is 0 Å². The van der Waals surface area contributed by atoms with Crippen molar-refractivity contribution in [1.29, 1.82) is 0 Å². The highest BCUT2D eigenvalue weighted by Crippen LogP contribution is 2.12. The van der Waals surface area contributed by atoms with Crippen molar-refractivity contribution in [2.45, 2.75) is 20.3 Å². The summed E-state index contributed by atoms with van der Waals surface area (Å²) >= 11 is 0. The van der Waals surface area contributed by atoms with Crippen LogP contribution in [0.5, 0.6) is 6.01 Å². The van der Waals surface area contributed by atoms with Gasteiger partial charge in [-0.2, -0.15) is 0 Å². The van der Waals surface area contributed by atoms with E-state index in [1.807, 2.05) is 13.8 Å². The third-order valence-electron chi connectivity index (χ3n) is 2.02. The first-order chi connectivity index (χ1) is 6.67. The van der Waals surface area contributed by atoms with E-state index >= 15 is 0 Å². The molecule has 1 rings (SSSR count). The van der Waals surface area contributed by atoms with E-state index in [-0.39, 0.29) is 5.92 Å². The number of aryl methyl sites for hydroxylation is 1. The van der Waals surface area contributed by atoms with Crippen LogP contribution in [0.3, 0.4) is 0 Å². The maximum absolute atomic E-state index is 10.5. The van der Waals surface area contributed by atoms with Gasteiger partial charge in [0.1, 0.15) is 6.29 Å². The molecule has 0 aliphatic rings. The van der Waals surface area contributed by atoms with Crippen LogP contribution in [0.4, 0.5) is 0 Å². The lowest BCUT2D eigenvalue weighted by Crippen LogP contribution is -2.05. The zero-order valence-corrected chi connectivity index (χ0v) is 8.65. The molecule has 1 aromatic heterocycles. The molecule has 4 heteroatoms. The Morgan fingerprint density at radius 1 is 1.64 bits per heavy atom. The van der Waals surface area contributed by atoms with E-state index in [4.69, 9.17) is 4.74 Å². The monoisotopic (exact) mass is 194 g/mol. The standard InChI is InChI=1S/C10H14N2O2/c1-7(6-13)4-9-5-11-10(14-3)12-8(9)2/h5-7H,4H2,1-3H3. The summed E-state index contributed by atoms with van der Waals surface area (Å²) < 4.78 is 4.89. The van der Waals surface area contributed by atoms with Crippen molar-refractivity contribution >= 4 is 6.29 Å². The van der Waals surface area contributed by atoms with Crippen molar-refractivity contribution in [3.63, 3.8) is 0 Å². The molecular formula is C10H14N2O2. The van der Waals surface area contributed by atoms with Gasteiger partial charge in [0.05, 0.1) is 7.11 Å². The predicted molar refractivity (Wildman–Crippen MR) is 52.3 cm³/mol. The highest BCUT2D eigenvalue weighted by Gasteiger charge is 2.07. The van der Waals surface area contributed by atoms with Crippen molar-refractivity contribution in [3.05, 3.63) is 17.5 Å². The number of aldehydes is 1. The Bertz CT molecular complexity index is 326. The van der Waals surface area contributed by atoms with E-state index in [9.17, 15) is 4.79 Å². The summed E-state index contributed by atoms with van der Waals surface area (Å²) in [7, 11) is 1.53. The molecule has 0 saturated carbocycles. The minimum absolute atomic E-state index is 0.00527. The molecule has 1 unspecified atom stereocenters. The first-order valence-corrected chi connectivity index (χ1v) is 4.49. The molecule has 4 nitrogen and oxygen atoms in total. The van der Waals surface area contributed by atoms with Gasteiger partial charge in [-0.05, 0) is 18.9 Å². The highest BCUT2D eigenvalue weighted by atomic mass is 16.5. The van der Waals surface area contributed by atoms with Gasteiger partial charge in [-0.15, -0.1) is 0 Å². The molecular weight excluding hydrogens is 180 g/mol. The van der Waals surface area contributed by atoms with Crippen molar-refractivity contribution < 1.29 is 9.53 Å². The fraction of sp³-hybridized carbons (Fsp3) is 0.500. The molecule has 1 heterocycles. The van der Waals surface area contributed by atoms with Crippen molar-refractivity contribution in [2.75, 3.05) is 7.11 Å². The normalized spacial score (nSPS) is 12.2. The summed E-state index contributed by atoms with van der Waals surface area (Å²) in [5.74, 6) is 0.00527. The quantitative estimate of drug-likeness (QED) is 0.675. The Hall–Kier alpha value is -1.45. The number of hydrogen-bond donors (Lipinski definition) is 0. The highest BCUT2D eigenvalue weighted by molar-refractivity contribution is 5.53. The number of nitrogens with zero attached hydrogens (tertiary/aromatic N) is 2. The van der Waals surface area contributed by atoms with Crippen molar-refractivity contribution in [1.82, 2.24) is 9.97 Å². The Labute approximate surface area is 83.3 Å². The van der Waals surface area contributed by atoms with Crippen LogP contribution < -0.4 is 4.74 Å². The molecule has 0 bridgehead atoms. The molecule has 0 aliphatic carbocycles. The average molecular weight is 194 g/mol. The second-order valence-corrected chi connectivity index (χ2v) is 3.28. The second-order valence-electron chi connectivity index (χ2n) is 3.28. The summed E-state index contributed by atoms with van der Waals surface area (Å²) in [5.41, 5.74) is 1.86. The molecule has 0 fully saturated rings. The maximum atomic E-state index is 10.5. The van der Waals surface area contributed by atoms with Gasteiger partial charge < -0.3 is 9.53 Å². The van der Waals surface area contributed by atoms with Gasteiger partial charge >= 0.3 is 6.01 Å². The van der Waals surface area contributed by atoms with Gasteiger partial charge in [0.2, 0.25) is 0 Å². The lowest BCUT2D eigenvalue weighted by molar-refractivity contribution is -0.110. The van der Waals surface area contributed by atoms with Gasteiger partial charge in [0.15, 0.2) is 0 Å². The molecule has 76 valence electrons. The second kappa shape index (κ2) is 4.69. The van der Waals surface area contributed by atoms with Crippen LogP contribution in [0, 0.1) is 12.8 Å². The molecule has 1 aromatic rings. The zero-order valence-electron chi connectivity index (χ0n) is 8.65.